The maximum absolute atomic E-state index is 12.4. The standard InChI is InChI=1S/C6H3ClF.ClH.Mg/c7-5-1-3-6(8)4-2-5;;/h1,3-4H;1H;/q;;+1/p-1. The molecular weight excluding hydrogens is 186 g/mol. The fourth-order valence-electron chi connectivity index (χ4n) is 0.646. The highest BCUT2D eigenvalue weighted by atomic mass is 35.5. The van der Waals surface area contributed by atoms with Crippen molar-refractivity contribution in [2.75, 3.05) is 0 Å². The zero-order chi connectivity index (χ0) is 7.56. The Balaban J connectivity index is 3.09. The van der Waals surface area contributed by atoms with E-state index in [2.05, 4.69) is 0 Å². The van der Waals surface area contributed by atoms with Crippen molar-refractivity contribution in [3.05, 3.63) is 29.0 Å². The highest BCUT2D eigenvalue weighted by Gasteiger charge is 2.02. The second-order valence-corrected chi connectivity index (χ2v) is 4.11. The second-order valence-electron chi connectivity index (χ2n) is 1.87. The molecule has 1 aromatic rings. The third-order valence-electron chi connectivity index (χ3n) is 1.15. The van der Waals surface area contributed by atoms with E-state index in [1.165, 1.54) is 18.2 Å². The zero-order valence-corrected chi connectivity index (χ0v) is 8.00. The molecule has 4 heteroatoms. The van der Waals surface area contributed by atoms with E-state index in [-0.39, 0.29) is 5.82 Å². The van der Waals surface area contributed by atoms with Crippen molar-refractivity contribution in [3.63, 3.8) is 0 Å². The Labute approximate surface area is 76.8 Å². The minimum absolute atomic E-state index is 0.271. The van der Waals surface area contributed by atoms with E-state index < -0.39 is 19.3 Å². The topological polar surface area (TPSA) is 0 Å². The van der Waals surface area contributed by atoms with Crippen LogP contribution in [0.2, 0.25) is 5.02 Å². The predicted molar refractivity (Wildman–Crippen MR) is 42.7 cm³/mol. The average molecular weight is 189 g/mol. The third kappa shape index (κ3) is 1.99. The van der Waals surface area contributed by atoms with E-state index in [0.29, 0.717) is 5.02 Å². The van der Waals surface area contributed by atoms with Crippen molar-refractivity contribution in [3.8, 4) is 0 Å². The first-order chi connectivity index (χ1) is 4.74. The molecule has 0 bridgehead atoms. The first-order valence-corrected chi connectivity index (χ1v) is 5.96. The summed E-state index contributed by atoms with van der Waals surface area (Å²) in [6.45, 7) is 0. The van der Waals surface area contributed by atoms with Crippen LogP contribution in [0.15, 0.2) is 18.2 Å². The summed E-state index contributed by atoms with van der Waals surface area (Å²) in [7, 11) is 5.59. The van der Waals surface area contributed by atoms with Crippen LogP contribution < -0.4 is 3.69 Å². The van der Waals surface area contributed by atoms with Crippen molar-refractivity contribution >= 4 is 43.6 Å². The molecule has 0 atom stereocenters. The van der Waals surface area contributed by atoms with Gasteiger partial charge in [0.05, 0.1) is 0 Å². The zero-order valence-electron chi connectivity index (χ0n) is 5.07. The summed E-state index contributed by atoms with van der Waals surface area (Å²) >= 11 is 4.82. The van der Waals surface area contributed by atoms with Crippen LogP contribution in [0.1, 0.15) is 0 Å². The second kappa shape index (κ2) is 3.76. The van der Waals surface area contributed by atoms with Crippen LogP contribution >= 0.6 is 20.7 Å². The SMILES string of the molecule is Fc1ccc(Cl)[c]([Mg][Cl])c1. The molecule has 50 valence electrons. The smallest absolute Gasteiger partial charge is 0.336 e. The molecule has 0 fully saturated rings. The number of rotatable bonds is 1. The van der Waals surface area contributed by atoms with Gasteiger partial charge in [-0.05, 0) is 18.2 Å². The molecule has 0 saturated heterocycles. The van der Waals surface area contributed by atoms with E-state index in [9.17, 15) is 4.39 Å². The molecular formula is C6H3Cl2FMg. The van der Waals surface area contributed by atoms with E-state index in [0.717, 1.165) is 3.69 Å². The fourth-order valence-corrected chi connectivity index (χ4v) is 2.35. The lowest BCUT2D eigenvalue weighted by atomic mass is 10.3. The van der Waals surface area contributed by atoms with Crippen LogP contribution in [0.3, 0.4) is 0 Å². The van der Waals surface area contributed by atoms with Gasteiger partial charge in [0.2, 0.25) is 0 Å². The average Bonchev–Trinajstić information content (AvgIpc) is 1.94. The van der Waals surface area contributed by atoms with Gasteiger partial charge in [-0.25, -0.2) is 4.39 Å². The van der Waals surface area contributed by atoms with E-state index in [1.807, 2.05) is 0 Å². The summed E-state index contributed by atoms with van der Waals surface area (Å²) in [5, 5.41) is 0.572. The largest absolute Gasteiger partial charge is 0.540 e. The monoisotopic (exact) mass is 188 g/mol. The lowest BCUT2D eigenvalue weighted by Crippen LogP contribution is -2.10. The van der Waals surface area contributed by atoms with Crippen molar-refractivity contribution in [2.24, 2.45) is 0 Å². The molecule has 0 N–H and O–H groups in total. The van der Waals surface area contributed by atoms with Crippen molar-refractivity contribution < 1.29 is 4.39 Å². The maximum Gasteiger partial charge on any atom is 0.540 e. The van der Waals surface area contributed by atoms with Gasteiger partial charge >= 0.3 is 19.3 Å². The normalized spacial score (nSPS) is 9.10. The van der Waals surface area contributed by atoms with Crippen LogP contribution in [-0.2, 0) is 0 Å². The molecule has 0 nitrogen and oxygen atoms in total. The molecule has 0 radical (unpaired) electrons. The van der Waals surface area contributed by atoms with E-state index in [1.54, 1.807) is 0 Å². The predicted octanol–water partition coefficient (Wildman–Crippen LogP) is 1.96. The van der Waals surface area contributed by atoms with Gasteiger partial charge in [-0.2, -0.15) is 0 Å². The van der Waals surface area contributed by atoms with Crippen molar-refractivity contribution in [2.45, 2.75) is 0 Å². The highest BCUT2D eigenvalue weighted by molar-refractivity contribution is 7.02. The lowest BCUT2D eigenvalue weighted by Gasteiger charge is -1.97. The summed E-state index contributed by atoms with van der Waals surface area (Å²) in [5.41, 5.74) is 0. The Kier molecular flexibility index (Phi) is 3.23. The quantitative estimate of drug-likeness (QED) is 0.592. The first kappa shape index (κ1) is 8.59. The lowest BCUT2D eigenvalue weighted by molar-refractivity contribution is 0.629. The summed E-state index contributed by atoms with van der Waals surface area (Å²) in [6.07, 6.45) is 0. The third-order valence-corrected chi connectivity index (χ3v) is 3.48. The van der Waals surface area contributed by atoms with Crippen molar-refractivity contribution in [1.82, 2.24) is 0 Å². The van der Waals surface area contributed by atoms with Gasteiger partial charge in [-0.1, -0.05) is 11.6 Å². The Morgan fingerprint density at radius 2 is 2.10 bits per heavy atom. The fraction of sp³-hybridized carbons (Fsp3) is 0. The summed E-state index contributed by atoms with van der Waals surface area (Å²) in [4.78, 5) is 0. The molecule has 1 aromatic carbocycles. The summed E-state index contributed by atoms with van der Waals surface area (Å²) in [5.74, 6) is -0.271. The molecule has 10 heavy (non-hydrogen) atoms. The molecule has 0 aliphatic carbocycles. The van der Waals surface area contributed by atoms with Crippen LogP contribution in [-0.4, -0.2) is 19.3 Å². The van der Waals surface area contributed by atoms with Crippen LogP contribution in [0.5, 0.6) is 0 Å². The number of halogens is 3. The van der Waals surface area contributed by atoms with E-state index >= 15 is 0 Å². The van der Waals surface area contributed by atoms with Crippen molar-refractivity contribution in [1.29, 1.82) is 0 Å². The summed E-state index contributed by atoms with van der Waals surface area (Å²) < 4.78 is 13.2. The van der Waals surface area contributed by atoms with Gasteiger partial charge in [0.25, 0.3) is 0 Å². The van der Waals surface area contributed by atoms with Gasteiger partial charge in [0.15, 0.2) is 0 Å². The molecule has 0 unspecified atom stereocenters. The molecule has 0 saturated carbocycles. The number of benzene rings is 1. The molecule has 0 amide bonds. The summed E-state index contributed by atoms with van der Waals surface area (Å²) in [6, 6.07) is 4.25. The van der Waals surface area contributed by atoms with Crippen LogP contribution in [0.4, 0.5) is 4.39 Å². The Morgan fingerprint density at radius 1 is 1.40 bits per heavy atom. The number of hydrogen-bond donors (Lipinski definition) is 0. The van der Waals surface area contributed by atoms with E-state index in [4.69, 9.17) is 20.7 Å². The number of hydrogen-bond acceptors (Lipinski definition) is 0. The van der Waals surface area contributed by atoms with Gasteiger partial charge in [-0.15, -0.1) is 3.69 Å². The maximum atomic E-state index is 12.4. The van der Waals surface area contributed by atoms with Crippen LogP contribution in [0, 0.1) is 5.82 Å². The molecule has 0 aliphatic heterocycles. The minimum Gasteiger partial charge on any atom is -0.336 e. The molecule has 1 rings (SSSR count). The Bertz CT molecular complexity index is 239. The Morgan fingerprint density at radius 3 is 2.60 bits per heavy atom. The minimum atomic E-state index is -0.859. The van der Waals surface area contributed by atoms with Gasteiger partial charge in [-0.3, -0.25) is 0 Å². The Hall–Kier alpha value is 0.496. The molecule has 0 aliphatic rings. The molecule has 0 spiro atoms. The first-order valence-electron chi connectivity index (χ1n) is 2.74. The highest BCUT2D eigenvalue weighted by Crippen LogP contribution is 2.05. The van der Waals surface area contributed by atoms with Gasteiger partial charge in [0, 0.05) is 5.02 Å². The van der Waals surface area contributed by atoms with Gasteiger partial charge in [0.1, 0.15) is 5.82 Å². The molecule has 0 heterocycles. The van der Waals surface area contributed by atoms with Crippen LogP contribution in [0.25, 0.3) is 0 Å². The van der Waals surface area contributed by atoms with Gasteiger partial charge < -0.3 is 9.07 Å². The molecule has 0 aromatic heterocycles.